The number of nitrogens with zero attached hydrogens (tertiary/aromatic N) is 6. The zero-order valence-electron chi connectivity index (χ0n) is 10.7. The minimum atomic E-state index is 0.393. The molecule has 1 fully saturated rings. The molecule has 0 saturated carbocycles. The van der Waals surface area contributed by atoms with Crippen LogP contribution in [0.2, 0.25) is 0 Å². The van der Waals surface area contributed by atoms with Crippen molar-refractivity contribution in [1.82, 2.24) is 24.2 Å². The van der Waals surface area contributed by atoms with Crippen LogP contribution in [-0.2, 0) is 6.54 Å². The molecular weight excluding hydrogens is 240 g/mol. The SMILES string of the molecule is N#Cc1cnn(C2CCN(CCn3ccnc3)C2)c1. The number of rotatable bonds is 4. The lowest BCUT2D eigenvalue weighted by Gasteiger charge is -2.16. The van der Waals surface area contributed by atoms with Crippen LogP contribution >= 0.6 is 0 Å². The molecular formula is C13H16N6. The fourth-order valence-corrected chi connectivity index (χ4v) is 2.50. The van der Waals surface area contributed by atoms with Crippen LogP contribution in [0.4, 0.5) is 0 Å². The molecule has 3 heterocycles. The van der Waals surface area contributed by atoms with Gasteiger partial charge < -0.3 is 4.57 Å². The molecule has 6 nitrogen and oxygen atoms in total. The average molecular weight is 256 g/mol. The van der Waals surface area contributed by atoms with E-state index in [0.717, 1.165) is 32.6 Å². The van der Waals surface area contributed by atoms with E-state index in [1.165, 1.54) is 0 Å². The van der Waals surface area contributed by atoms with Crippen molar-refractivity contribution in [2.75, 3.05) is 19.6 Å². The maximum atomic E-state index is 8.81. The maximum absolute atomic E-state index is 8.81. The highest BCUT2D eigenvalue weighted by atomic mass is 15.3. The third kappa shape index (κ3) is 2.66. The van der Waals surface area contributed by atoms with Gasteiger partial charge in [0, 0.05) is 44.8 Å². The van der Waals surface area contributed by atoms with E-state index in [0.29, 0.717) is 11.6 Å². The third-order valence-electron chi connectivity index (χ3n) is 3.59. The molecule has 1 atom stereocenters. The normalized spacial score (nSPS) is 19.6. The van der Waals surface area contributed by atoms with Crippen LogP contribution in [0.3, 0.4) is 0 Å². The van der Waals surface area contributed by atoms with Crippen molar-refractivity contribution in [1.29, 1.82) is 5.26 Å². The molecule has 1 aliphatic heterocycles. The molecule has 1 unspecified atom stereocenters. The topological polar surface area (TPSA) is 62.7 Å². The molecule has 2 aromatic heterocycles. The Labute approximate surface area is 111 Å². The molecule has 19 heavy (non-hydrogen) atoms. The third-order valence-corrected chi connectivity index (χ3v) is 3.59. The molecule has 0 bridgehead atoms. The molecule has 2 aromatic rings. The van der Waals surface area contributed by atoms with Gasteiger partial charge in [-0.25, -0.2) is 4.98 Å². The van der Waals surface area contributed by atoms with E-state index in [2.05, 4.69) is 25.6 Å². The Morgan fingerprint density at radius 3 is 3.11 bits per heavy atom. The summed E-state index contributed by atoms with van der Waals surface area (Å²) in [6, 6.07) is 2.51. The summed E-state index contributed by atoms with van der Waals surface area (Å²) in [6.07, 6.45) is 10.2. The predicted octanol–water partition coefficient (Wildman–Crippen LogP) is 0.898. The van der Waals surface area contributed by atoms with Crippen LogP contribution < -0.4 is 0 Å². The van der Waals surface area contributed by atoms with Crippen LogP contribution in [-0.4, -0.2) is 43.9 Å². The van der Waals surface area contributed by atoms with Gasteiger partial charge in [0.25, 0.3) is 0 Å². The van der Waals surface area contributed by atoms with E-state index in [1.807, 2.05) is 23.4 Å². The lowest BCUT2D eigenvalue weighted by Crippen LogP contribution is -2.25. The fourth-order valence-electron chi connectivity index (χ4n) is 2.50. The molecule has 1 saturated heterocycles. The van der Waals surface area contributed by atoms with Crippen molar-refractivity contribution in [2.24, 2.45) is 0 Å². The Morgan fingerprint density at radius 2 is 2.37 bits per heavy atom. The lowest BCUT2D eigenvalue weighted by molar-refractivity contribution is 0.305. The molecule has 98 valence electrons. The van der Waals surface area contributed by atoms with Crippen LogP contribution in [0.15, 0.2) is 31.1 Å². The number of hydrogen-bond donors (Lipinski definition) is 0. The second-order valence-corrected chi connectivity index (χ2v) is 4.86. The smallest absolute Gasteiger partial charge is 0.102 e. The Kier molecular flexibility index (Phi) is 3.29. The summed E-state index contributed by atoms with van der Waals surface area (Å²) in [4.78, 5) is 6.47. The summed E-state index contributed by atoms with van der Waals surface area (Å²) in [7, 11) is 0. The first kappa shape index (κ1) is 11.9. The van der Waals surface area contributed by atoms with Crippen LogP contribution in [0.25, 0.3) is 0 Å². The Bertz CT molecular complexity index is 564. The van der Waals surface area contributed by atoms with Gasteiger partial charge in [-0.2, -0.15) is 10.4 Å². The van der Waals surface area contributed by atoms with Crippen molar-refractivity contribution < 1.29 is 0 Å². The van der Waals surface area contributed by atoms with Gasteiger partial charge in [-0.15, -0.1) is 0 Å². The van der Waals surface area contributed by atoms with Crippen molar-refractivity contribution in [3.8, 4) is 6.07 Å². The molecule has 6 heteroatoms. The number of imidazole rings is 1. The van der Waals surface area contributed by atoms with Crippen LogP contribution in [0, 0.1) is 11.3 Å². The number of aromatic nitrogens is 4. The van der Waals surface area contributed by atoms with Crippen molar-refractivity contribution >= 4 is 0 Å². The number of hydrogen-bond acceptors (Lipinski definition) is 4. The molecule has 0 spiro atoms. The van der Waals surface area contributed by atoms with Gasteiger partial charge in [-0.05, 0) is 6.42 Å². The van der Waals surface area contributed by atoms with Gasteiger partial charge in [0.2, 0.25) is 0 Å². The first-order valence-corrected chi connectivity index (χ1v) is 6.47. The second-order valence-electron chi connectivity index (χ2n) is 4.86. The average Bonchev–Trinajstić information content (AvgIpc) is 3.16. The van der Waals surface area contributed by atoms with E-state index < -0.39 is 0 Å². The zero-order chi connectivity index (χ0) is 13.1. The Hall–Kier alpha value is -2.13. The summed E-state index contributed by atoms with van der Waals surface area (Å²) in [5.41, 5.74) is 0.636. The Morgan fingerprint density at radius 1 is 1.42 bits per heavy atom. The minimum Gasteiger partial charge on any atom is -0.336 e. The van der Waals surface area contributed by atoms with Gasteiger partial charge >= 0.3 is 0 Å². The van der Waals surface area contributed by atoms with Crippen molar-refractivity contribution in [2.45, 2.75) is 19.0 Å². The van der Waals surface area contributed by atoms with Crippen molar-refractivity contribution in [3.63, 3.8) is 0 Å². The van der Waals surface area contributed by atoms with E-state index in [4.69, 9.17) is 5.26 Å². The number of likely N-dealkylation sites (tertiary alicyclic amines) is 1. The first-order chi connectivity index (χ1) is 9.35. The minimum absolute atomic E-state index is 0.393. The fraction of sp³-hybridized carbons (Fsp3) is 0.462. The van der Waals surface area contributed by atoms with Gasteiger partial charge in [0.15, 0.2) is 0 Å². The van der Waals surface area contributed by atoms with E-state index in [1.54, 1.807) is 12.4 Å². The molecule has 0 N–H and O–H groups in total. The maximum Gasteiger partial charge on any atom is 0.102 e. The molecule has 0 aliphatic carbocycles. The highest BCUT2D eigenvalue weighted by Crippen LogP contribution is 2.20. The highest BCUT2D eigenvalue weighted by Gasteiger charge is 2.24. The number of nitriles is 1. The highest BCUT2D eigenvalue weighted by molar-refractivity contribution is 5.22. The summed E-state index contributed by atoms with van der Waals surface area (Å²) < 4.78 is 4.02. The van der Waals surface area contributed by atoms with Gasteiger partial charge in [0.1, 0.15) is 6.07 Å². The monoisotopic (exact) mass is 256 g/mol. The Balaban J connectivity index is 1.54. The summed E-state index contributed by atoms with van der Waals surface area (Å²) >= 11 is 0. The van der Waals surface area contributed by atoms with E-state index in [9.17, 15) is 0 Å². The van der Waals surface area contributed by atoms with E-state index >= 15 is 0 Å². The van der Waals surface area contributed by atoms with E-state index in [-0.39, 0.29) is 0 Å². The largest absolute Gasteiger partial charge is 0.336 e. The van der Waals surface area contributed by atoms with Crippen LogP contribution in [0.5, 0.6) is 0 Å². The van der Waals surface area contributed by atoms with Crippen LogP contribution in [0.1, 0.15) is 18.0 Å². The summed E-state index contributed by atoms with van der Waals surface area (Å²) in [6.45, 7) is 4.08. The predicted molar refractivity (Wildman–Crippen MR) is 69.3 cm³/mol. The standard InChI is InChI=1S/C13H16N6/c14-7-12-8-16-19(9-12)13-1-3-17(10-13)5-6-18-4-2-15-11-18/h2,4,8-9,11,13H,1,3,5-6,10H2. The zero-order valence-corrected chi connectivity index (χ0v) is 10.7. The summed E-state index contributed by atoms with van der Waals surface area (Å²) in [5, 5.41) is 13.1. The quantitative estimate of drug-likeness (QED) is 0.815. The van der Waals surface area contributed by atoms with Crippen molar-refractivity contribution in [3.05, 3.63) is 36.7 Å². The molecule has 0 amide bonds. The van der Waals surface area contributed by atoms with Gasteiger partial charge in [-0.1, -0.05) is 0 Å². The molecule has 1 aliphatic rings. The first-order valence-electron chi connectivity index (χ1n) is 6.47. The molecule has 0 radical (unpaired) electrons. The summed E-state index contributed by atoms with van der Waals surface area (Å²) in [5.74, 6) is 0. The molecule has 3 rings (SSSR count). The van der Waals surface area contributed by atoms with Gasteiger partial charge in [-0.3, -0.25) is 9.58 Å². The lowest BCUT2D eigenvalue weighted by atomic mass is 10.3. The molecule has 0 aromatic carbocycles. The van der Waals surface area contributed by atoms with Gasteiger partial charge in [0.05, 0.1) is 24.1 Å². The second kappa shape index (κ2) is 5.24.